The average molecular weight is 374 g/mol. The number of piperidine rings is 1. The number of hydrogen-bond donors (Lipinski definition) is 2. The molecule has 1 aromatic heterocycles. The van der Waals surface area contributed by atoms with Crippen molar-refractivity contribution in [2.24, 2.45) is 10.7 Å². The van der Waals surface area contributed by atoms with E-state index in [0.29, 0.717) is 32.2 Å². The van der Waals surface area contributed by atoms with E-state index in [1.165, 1.54) is 12.8 Å². The largest absolute Gasteiger partial charge is 0.450 e. The number of ether oxygens (including phenoxy) is 1. The molecule has 0 saturated carbocycles. The lowest BCUT2D eigenvalue weighted by atomic mass is 10.1. The molecule has 8 heteroatoms. The van der Waals surface area contributed by atoms with Crippen LogP contribution in [0.3, 0.4) is 0 Å². The lowest BCUT2D eigenvalue weighted by Gasteiger charge is -2.31. The van der Waals surface area contributed by atoms with Gasteiger partial charge in [-0.3, -0.25) is 0 Å². The van der Waals surface area contributed by atoms with Gasteiger partial charge in [-0.25, -0.2) is 14.8 Å². The summed E-state index contributed by atoms with van der Waals surface area (Å²) in [5.41, 5.74) is 7.07. The first kappa shape index (κ1) is 19.3. The van der Waals surface area contributed by atoms with Gasteiger partial charge in [0.05, 0.1) is 13.2 Å². The van der Waals surface area contributed by atoms with Gasteiger partial charge in [-0.1, -0.05) is 6.07 Å². The summed E-state index contributed by atoms with van der Waals surface area (Å²) in [6.45, 7) is 6.27. The van der Waals surface area contributed by atoms with Crippen molar-refractivity contribution in [1.29, 1.82) is 0 Å². The van der Waals surface area contributed by atoms with Crippen LogP contribution in [0.15, 0.2) is 23.3 Å². The summed E-state index contributed by atoms with van der Waals surface area (Å²) in [6, 6.07) is 4.36. The predicted octanol–water partition coefficient (Wildman–Crippen LogP) is 1.71. The van der Waals surface area contributed by atoms with Gasteiger partial charge < -0.3 is 25.6 Å². The number of likely N-dealkylation sites (tertiary alicyclic amines) is 1. The monoisotopic (exact) mass is 374 g/mol. The number of guanidine groups is 1. The number of carbonyl (C=O) groups is 1. The van der Waals surface area contributed by atoms with E-state index in [4.69, 9.17) is 10.5 Å². The molecular weight excluding hydrogens is 344 g/mol. The van der Waals surface area contributed by atoms with E-state index >= 15 is 0 Å². The Morgan fingerprint density at radius 3 is 2.67 bits per heavy atom. The van der Waals surface area contributed by atoms with E-state index < -0.39 is 0 Å². The Morgan fingerprint density at radius 1 is 1.30 bits per heavy atom. The summed E-state index contributed by atoms with van der Waals surface area (Å²) in [5, 5.41) is 3.26. The van der Waals surface area contributed by atoms with Crippen LogP contribution in [0.25, 0.3) is 0 Å². The first-order valence-electron chi connectivity index (χ1n) is 9.83. The van der Waals surface area contributed by atoms with Crippen molar-refractivity contribution >= 4 is 17.9 Å². The third-order valence-corrected chi connectivity index (χ3v) is 5.04. The van der Waals surface area contributed by atoms with Crippen molar-refractivity contribution in [2.75, 3.05) is 37.7 Å². The van der Waals surface area contributed by atoms with E-state index in [0.717, 1.165) is 37.3 Å². The molecule has 148 valence electrons. The minimum atomic E-state index is -0.234. The zero-order valence-electron chi connectivity index (χ0n) is 16.1. The Balaban J connectivity index is 1.42. The number of nitrogens with two attached hydrogens (primary N) is 1. The van der Waals surface area contributed by atoms with Crippen molar-refractivity contribution < 1.29 is 9.53 Å². The van der Waals surface area contributed by atoms with Gasteiger partial charge in [-0.15, -0.1) is 0 Å². The zero-order valence-corrected chi connectivity index (χ0v) is 16.1. The molecule has 2 saturated heterocycles. The van der Waals surface area contributed by atoms with E-state index in [2.05, 4.69) is 32.3 Å². The molecule has 0 aliphatic carbocycles. The highest BCUT2D eigenvalue weighted by Crippen LogP contribution is 2.17. The lowest BCUT2D eigenvalue weighted by Crippen LogP contribution is -2.48. The maximum absolute atomic E-state index is 11.7. The van der Waals surface area contributed by atoms with Gasteiger partial charge in [0.25, 0.3) is 0 Å². The minimum Gasteiger partial charge on any atom is -0.450 e. The van der Waals surface area contributed by atoms with Crippen molar-refractivity contribution in [3.05, 3.63) is 23.9 Å². The first-order chi connectivity index (χ1) is 13.2. The van der Waals surface area contributed by atoms with Crippen molar-refractivity contribution in [2.45, 2.75) is 45.2 Å². The van der Waals surface area contributed by atoms with Crippen LogP contribution in [0.5, 0.6) is 0 Å². The molecule has 0 unspecified atom stereocenters. The van der Waals surface area contributed by atoms with Crippen molar-refractivity contribution in [3.63, 3.8) is 0 Å². The van der Waals surface area contributed by atoms with Gasteiger partial charge in [-0.05, 0) is 44.2 Å². The van der Waals surface area contributed by atoms with Crippen molar-refractivity contribution in [1.82, 2.24) is 15.2 Å². The molecule has 8 nitrogen and oxygen atoms in total. The number of hydrogen-bond acceptors (Lipinski definition) is 5. The molecule has 0 bridgehead atoms. The standard InChI is InChI=1S/C19H30N6O2/c1-2-27-19(26)25-11-7-16(8-12-25)23-18(20)22-14-15-5-6-17(21-13-15)24-9-3-4-10-24/h5-6,13,16H,2-4,7-12,14H2,1H3,(H3,20,22,23). The molecule has 3 heterocycles. The van der Waals surface area contributed by atoms with E-state index in [1.807, 2.05) is 13.1 Å². The highest BCUT2D eigenvalue weighted by atomic mass is 16.6. The quantitative estimate of drug-likeness (QED) is 0.602. The van der Waals surface area contributed by atoms with E-state index in [-0.39, 0.29) is 12.1 Å². The predicted molar refractivity (Wildman–Crippen MR) is 106 cm³/mol. The lowest BCUT2D eigenvalue weighted by molar-refractivity contribution is 0.0963. The molecule has 2 aliphatic rings. The molecule has 0 atom stereocenters. The van der Waals surface area contributed by atoms with Crippen LogP contribution in [-0.4, -0.2) is 60.8 Å². The minimum absolute atomic E-state index is 0.232. The Kier molecular flexibility index (Phi) is 6.73. The van der Waals surface area contributed by atoms with Crippen molar-refractivity contribution in [3.8, 4) is 0 Å². The SMILES string of the molecule is CCOC(=O)N1CCC(NC(N)=NCc2ccc(N3CCCC3)nc2)CC1. The molecule has 3 N–H and O–H groups in total. The molecule has 0 aromatic carbocycles. The second-order valence-corrected chi connectivity index (χ2v) is 7.02. The second kappa shape index (κ2) is 9.43. The summed E-state index contributed by atoms with van der Waals surface area (Å²) in [7, 11) is 0. The number of aromatic nitrogens is 1. The van der Waals surface area contributed by atoms with Crippen LogP contribution < -0.4 is 16.0 Å². The summed E-state index contributed by atoms with van der Waals surface area (Å²) < 4.78 is 5.04. The average Bonchev–Trinajstić information content (AvgIpc) is 3.22. The fourth-order valence-electron chi connectivity index (χ4n) is 3.50. The van der Waals surface area contributed by atoms with Gasteiger partial charge >= 0.3 is 6.09 Å². The second-order valence-electron chi connectivity index (χ2n) is 7.02. The molecule has 2 fully saturated rings. The van der Waals surface area contributed by atoms with Crippen LogP contribution >= 0.6 is 0 Å². The zero-order chi connectivity index (χ0) is 19.1. The molecule has 27 heavy (non-hydrogen) atoms. The van der Waals surface area contributed by atoms with Crippen LogP contribution in [0.2, 0.25) is 0 Å². The van der Waals surface area contributed by atoms with Crippen LogP contribution in [0, 0.1) is 0 Å². The summed E-state index contributed by atoms with van der Waals surface area (Å²) in [5.74, 6) is 1.48. The number of carbonyl (C=O) groups excluding carboxylic acids is 1. The number of amides is 1. The van der Waals surface area contributed by atoms with E-state index in [9.17, 15) is 4.79 Å². The van der Waals surface area contributed by atoms with E-state index in [1.54, 1.807) is 4.90 Å². The Bertz CT molecular complexity index is 634. The molecule has 0 radical (unpaired) electrons. The van der Waals surface area contributed by atoms with Gasteiger partial charge in [-0.2, -0.15) is 0 Å². The summed E-state index contributed by atoms with van der Waals surface area (Å²) >= 11 is 0. The maximum atomic E-state index is 11.7. The van der Waals surface area contributed by atoms with Crippen LogP contribution in [-0.2, 0) is 11.3 Å². The number of aliphatic imine (C=N–C) groups is 1. The van der Waals surface area contributed by atoms with Gasteiger partial charge in [0, 0.05) is 38.4 Å². The Morgan fingerprint density at radius 2 is 2.04 bits per heavy atom. The fraction of sp³-hybridized carbons (Fsp3) is 0.632. The molecule has 1 amide bonds. The number of anilines is 1. The Hall–Kier alpha value is -2.51. The number of nitrogens with one attached hydrogen (secondary N) is 1. The van der Waals surface area contributed by atoms with Crippen LogP contribution in [0.4, 0.5) is 10.6 Å². The molecular formula is C19H30N6O2. The first-order valence-corrected chi connectivity index (χ1v) is 9.83. The molecule has 0 spiro atoms. The summed E-state index contributed by atoms with van der Waals surface area (Å²) in [4.78, 5) is 24.7. The maximum Gasteiger partial charge on any atom is 0.409 e. The highest BCUT2D eigenvalue weighted by molar-refractivity contribution is 5.78. The van der Waals surface area contributed by atoms with Gasteiger partial charge in [0.2, 0.25) is 0 Å². The smallest absolute Gasteiger partial charge is 0.409 e. The molecule has 2 aliphatic heterocycles. The summed E-state index contributed by atoms with van der Waals surface area (Å²) in [6.07, 6.45) is 5.80. The molecule has 3 rings (SSSR count). The topological polar surface area (TPSA) is 96.1 Å². The third kappa shape index (κ3) is 5.48. The van der Waals surface area contributed by atoms with Gasteiger partial charge in [0.15, 0.2) is 5.96 Å². The fourth-order valence-corrected chi connectivity index (χ4v) is 3.50. The Labute approximate surface area is 160 Å². The van der Waals surface area contributed by atoms with Crippen LogP contribution in [0.1, 0.15) is 38.2 Å². The number of pyridine rings is 1. The van der Waals surface area contributed by atoms with Gasteiger partial charge in [0.1, 0.15) is 5.82 Å². The normalized spacial score (nSPS) is 18.6. The number of nitrogens with zero attached hydrogens (tertiary/aromatic N) is 4. The number of rotatable bonds is 5. The highest BCUT2D eigenvalue weighted by Gasteiger charge is 2.23. The third-order valence-electron chi connectivity index (χ3n) is 5.04. The molecule has 1 aromatic rings.